The Balaban J connectivity index is 1.26. The number of aryl methyl sites for hydroxylation is 1. The number of thiazole rings is 1. The SMILES string of the molecule is C=CC(=O)N(C)C[C@H]1CCN1C(=O)N(C)[C@H](C(=O)N[C@H]1Cc2nc(cs2)-c2ccc3c(c2)c(c(-c2cccnc2[C@H](C)OC)n3CC)CC(C)(C)COC[C@@]2(C=O)CCCN(N2)C1=O)C(C)C. The van der Waals surface area contributed by atoms with Crippen molar-refractivity contribution in [3.63, 3.8) is 0 Å². The molecule has 5 atom stereocenters. The summed E-state index contributed by atoms with van der Waals surface area (Å²) < 4.78 is 14.7. The molecule has 17 heteroatoms. The van der Waals surface area contributed by atoms with Crippen LogP contribution in [0.4, 0.5) is 4.79 Å². The molecule has 3 aliphatic rings. The lowest BCUT2D eigenvalue weighted by Crippen LogP contribution is -2.67. The molecule has 16 nitrogen and oxygen atoms in total. The molecule has 0 saturated carbocycles. The van der Waals surface area contributed by atoms with Crippen LogP contribution < -0.4 is 10.7 Å². The van der Waals surface area contributed by atoms with Crippen LogP contribution >= 0.6 is 11.3 Å². The molecule has 2 saturated heterocycles. The quantitative estimate of drug-likeness (QED) is 0.126. The molecule has 2 N–H and O–H groups in total. The van der Waals surface area contributed by atoms with E-state index in [0.29, 0.717) is 57.1 Å². The summed E-state index contributed by atoms with van der Waals surface area (Å²) in [5.41, 5.74) is 8.41. The summed E-state index contributed by atoms with van der Waals surface area (Å²) in [5.74, 6) is -1.48. The number of carbonyl (C=O) groups excluding carboxylic acids is 5. The second kappa shape index (κ2) is 20.4. The number of rotatable bonds is 12. The van der Waals surface area contributed by atoms with Crippen molar-refractivity contribution in [3.05, 3.63) is 70.8 Å². The van der Waals surface area contributed by atoms with Crippen molar-refractivity contribution in [2.45, 2.75) is 110 Å². The molecule has 6 heterocycles. The van der Waals surface area contributed by atoms with Gasteiger partial charge in [-0.15, -0.1) is 11.3 Å². The number of urea groups is 1. The van der Waals surface area contributed by atoms with Crippen LogP contribution in [0.3, 0.4) is 0 Å². The first-order valence-electron chi connectivity index (χ1n) is 23.4. The van der Waals surface area contributed by atoms with E-state index in [0.717, 1.165) is 57.4 Å². The highest BCUT2D eigenvalue weighted by molar-refractivity contribution is 7.10. The molecule has 3 aliphatic heterocycles. The van der Waals surface area contributed by atoms with Crippen LogP contribution in [0.1, 0.15) is 83.2 Å². The van der Waals surface area contributed by atoms with E-state index < -0.39 is 34.9 Å². The Hall–Kier alpha value is -5.49. The average molecular weight is 938 g/mol. The van der Waals surface area contributed by atoms with Crippen LogP contribution in [0.25, 0.3) is 33.4 Å². The lowest BCUT2D eigenvalue weighted by atomic mass is 9.84. The Morgan fingerprint density at radius 1 is 1.15 bits per heavy atom. The number of fused-ring (bicyclic) bond motifs is 6. The number of likely N-dealkylation sites (tertiary alicyclic amines) is 1. The number of hydrazine groups is 1. The van der Waals surface area contributed by atoms with Crippen LogP contribution in [-0.2, 0) is 48.0 Å². The standard InChI is InChI=1S/C50H67N9O7S/c1-11-42(61)55(8)26-34-18-22-58(34)48(64)56(9)44(31(3)4)46(62)53-38-24-41-52-39(27-67-41)33-16-17-40-36(23-33)37(45(57(40)12-2)35-15-13-20-51-43(35)32(5)65-10)25-49(6,7)29-66-30-50(28-60)19-14-21-59(54-50)47(38)63/h11,13,15-17,20,23,27-28,31-32,34,38,44,54H,1,12,14,18-19,21-22,24-26,29-30H2,2-10H3,(H,53,62)/t32-,34+,38-,44-,50-/m0/s1. The molecule has 1 aromatic carbocycles. The van der Waals surface area contributed by atoms with E-state index in [2.05, 4.69) is 66.9 Å². The number of methoxy groups -OCH3 is 1. The lowest BCUT2D eigenvalue weighted by Gasteiger charge is -2.45. The van der Waals surface area contributed by atoms with Gasteiger partial charge in [0.2, 0.25) is 11.8 Å². The first-order valence-corrected chi connectivity index (χ1v) is 24.3. The molecule has 2 fully saturated rings. The Kier molecular flexibility index (Phi) is 15.0. The summed E-state index contributed by atoms with van der Waals surface area (Å²) in [6, 6.07) is 7.90. The molecule has 3 aromatic heterocycles. The van der Waals surface area contributed by atoms with Crippen LogP contribution in [0.15, 0.2) is 54.6 Å². The molecule has 0 radical (unpaired) electrons. The van der Waals surface area contributed by atoms with Crippen LogP contribution in [-0.4, -0.2) is 142 Å². The van der Waals surface area contributed by atoms with Crippen LogP contribution in [0, 0.1) is 11.3 Å². The maximum atomic E-state index is 14.8. The third-order valence-electron chi connectivity index (χ3n) is 13.6. The molecular formula is C50H67N9O7S. The van der Waals surface area contributed by atoms with E-state index in [4.69, 9.17) is 19.4 Å². The van der Waals surface area contributed by atoms with E-state index in [9.17, 15) is 24.0 Å². The summed E-state index contributed by atoms with van der Waals surface area (Å²) in [4.78, 5) is 83.2. The number of benzene rings is 1. The smallest absolute Gasteiger partial charge is 0.320 e. The zero-order valence-electron chi connectivity index (χ0n) is 40.5. The number of hydrogen-bond donors (Lipinski definition) is 2. The van der Waals surface area contributed by atoms with Gasteiger partial charge in [-0.3, -0.25) is 24.4 Å². The number of aromatic nitrogens is 3. The number of nitrogens with one attached hydrogen (secondary N) is 2. The van der Waals surface area contributed by atoms with E-state index in [-0.39, 0.29) is 43.0 Å². The van der Waals surface area contributed by atoms with E-state index in [1.165, 1.54) is 32.2 Å². The van der Waals surface area contributed by atoms with Crippen molar-refractivity contribution in [1.82, 2.24) is 45.0 Å². The number of carbonyl (C=O) groups is 5. The maximum Gasteiger partial charge on any atom is 0.320 e. The van der Waals surface area contributed by atoms with Crippen LogP contribution in [0.2, 0.25) is 0 Å². The topological polar surface area (TPSA) is 172 Å². The van der Waals surface area contributed by atoms with Gasteiger partial charge in [-0.05, 0) is 86.8 Å². The highest BCUT2D eigenvalue weighted by Crippen LogP contribution is 2.42. The molecule has 5 amide bonds. The monoisotopic (exact) mass is 937 g/mol. The summed E-state index contributed by atoms with van der Waals surface area (Å²) in [6.45, 7) is 17.9. The Morgan fingerprint density at radius 3 is 2.60 bits per heavy atom. The zero-order chi connectivity index (χ0) is 48.4. The van der Waals surface area contributed by atoms with Gasteiger partial charge in [0, 0.05) is 87.4 Å². The molecule has 7 rings (SSSR count). The fourth-order valence-corrected chi connectivity index (χ4v) is 10.7. The number of likely N-dealkylation sites (N-methyl/N-ethyl adjacent to an activating group) is 2. The van der Waals surface area contributed by atoms with Gasteiger partial charge >= 0.3 is 6.03 Å². The first kappa shape index (κ1) is 49.4. The second-order valence-electron chi connectivity index (χ2n) is 19.5. The molecule has 0 spiro atoms. The first-order chi connectivity index (χ1) is 31.9. The highest BCUT2D eigenvalue weighted by Gasteiger charge is 2.43. The molecule has 0 unspecified atom stereocenters. The molecule has 6 bridgehead atoms. The van der Waals surface area contributed by atoms with Gasteiger partial charge in [0.25, 0.3) is 5.91 Å². The molecule has 360 valence electrons. The molecule has 67 heavy (non-hydrogen) atoms. The van der Waals surface area contributed by atoms with Gasteiger partial charge in [-0.2, -0.15) is 0 Å². The fraction of sp³-hybridized carbons (Fsp3) is 0.540. The number of ether oxygens (including phenoxy) is 2. The van der Waals surface area contributed by atoms with Gasteiger partial charge in [0.1, 0.15) is 23.9 Å². The minimum atomic E-state index is -1.19. The molecular weight excluding hydrogens is 871 g/mol. The Labute approximate surface area is 398 Å². The largest absolute Gasteiger partial charge is 0.378 e. The normalized spacial score (nSPS) is 21.8. The Bertz CT molecular complexity index is 2500. The number of hydrogen-bond acceptors (Lipinski definition) is 11. The minimum absolute atomic E-state index is 0.0276. The van der Waals surface area contributed by atoms with Gasteiger partial charge in [-0.1, -0.05) is 40.3 Å². The third-order valence-corrected chi connectivity index (χ3v) is 14.4. The Morgan fingerprint density at radius 2 is 1.93 bits per heavy atom. The predicted molar refractivity (Wildman–Crippen MR) is 259 cm³/mol. The summed E-state index contributed by atoms with van der Waals surface area (Å²) >= 11 is 1.41. The number of pyridine rings is 1. The van der Waals surface area contributed by atoms with Gasteiger partial charge < -0.3 is 38.9 Å². The summed E-state index contributed by atoms with van der Waals surface area (Å²) in [5, 5.41) is 8.16. The summed E-state index contributed by atoms with van der Waals surface area (Å²) in [7, 11) is 4.96. The fourth-order valence-electron chi connectivity index (χ4n) is 9.86. The van der Waals surface area contributed by atoms with Gasteiger partial charge in [0.05, 0.1) is 47.4 Å². The third kappa shape index (κ3) is 10.2. The highest BCUT2D eigenvalue weighted by atomic mass is 32.1. The van der Waals surface area contributed by atoms with Crippen LogP contribution in [0.5, 0.6) is 0 Å². The van der Waals surface area contributed by atoms with E-state index >= 15 is 0 Å². The average Bonchev–Trinajstić information content (AvgIpc) is 3.90. The minimum Gasteiger partial charge on any atom is -0.378 e. The molecule has 0 aliphatic carbocycles. The van der Waals surface area contributed by atoms with Crippen molar-refractivity contribution < 1.29 is 33.4 Å². The zero-order valence-corrected chi connectivity index (χ0v) is 41.3. The number of nitrogens with zero attached hydrogens (tertiary/aromatic N) is 7. The predicted octanol–water partition coefficient (Wildman–Crippen LogP) is 6.04. The number of amides is 5. The van der Waals surface area contributed by atoms with Gasteiger partial charge in [-0.25, -0.2) is 15.2 Å². The van der Waals surface area contributed by atoms with Gasteiger partial charge in [0.15, 0.2) is 0 Å². The molecule has 4 aromatic rings. The van der Waals surface area contributed by atoms with Crippen molar-refractivity contribution in [1.29, 1.82) is 0 Å². The van der Waals surface area contributed by atoms with Crippen molar-refractivity contribution >= 4 is 52.3 Å². The van der Waals surface area contributed by atoms with E-state index in [1.807, 2.05) is 32.2 Å². The lowest BCUT2D eigenvalue weighted by molar-refractivity contribution is -0.147. The summed E-state index contributed by atoms with van der Waals surface area (Å²) in [6.07, 6.45) is 6.02. The van der Waals surface area contributed by atoms with Crippen molar-refractivity contribution in [3.8, 4) is 22.5 Å². The number of aldehydes is 1. The van der Waals surface area contributed by atoms with Crippen molar-refractivity contribution in [2.24, 2.45) is 11.3 Å². The maximum absolute atomic E-state index is 14.8. The van der Waals surface area contributed by atoms with Crippen molar-refractivity contribution in [2.75, 3.05) is 54.1 Å². The second-order valence-corrected chi connectivity index (χ2v) is 20.4. The van der Waals surface area contributed by atoms with E-state index in [1.54, 1.807) is 32.3 Å².